The van der Waals surface area contributed by atoms with Crippen molar-refractivity contribution in [2.75, 3.05) is 18.1 Å². The minimum Gasteiger partial charge on any atom is -0.462 e. The highest BCUT2D eigenvalue weighted by Crippen LogP contribution is 2.06. The summed E-state index contributed by atoms with van der Waals surface area (Å²) in [6.45, 7) is 4.83. The van der Waals surface area contributed by atoms with Crippen LogP contribution in [-0.2, 0) is 19.1 Å². The molecule has 0 rings (SSSR count). The van der Waals surface area contributed by atoms with Crippen LogP contribution in [-0.4, -0.2) is 36.2 Å². The molecule has 1 atom stereocenters. The third-order valence-electron chi connectivity index (χ3n) is 1.31. The third kappa shape index (κ3) is 7.91. The second kappa shape index (κ2) is 7.67. The van der Waals surface area contributed by atoms with Crippen LogP contribution < -0.4 is 0 Å². The average molecular weight is 220 g/mol. The highest BCUT2D eigenvalue weighted by atomic mass is 32.2. The lowest BCUT2D eigenvalue weighted by Gasteiger charge is -2.15. The van der Waals surface area contributed by atoms with Crippen LogP contribution >= 0.6 is 11.8 Å². The topological polar surface area (TPSA) is 52.6 Å². The molecule has 0 saturated carbocycles. The molecule has 0 aromatic rings. The summed E-state index contributed by atoms with van der Waals surface area (Å²) in [7, 11) is 0. The predicted octanol–water partition coefficient (Wildman–Crippen LogP) is 1.23. The first-order chi connectivity index (χ1) is 6.56. The zero-order chi connectivity index (χ0) is 11.0. The van der Waals surface area contributed by atoms with Gasteiger partial charge in [-0.1, -0.05) is 6.92 Å². The van der Waals surface area contributed by atoms with Gasteiger partial charge in [-0.15, -0.1) is 0 Å². The minimum atomic E-state index is -0.358. The van der Waals surface area contributed by atoms with Crippen molar-refractivity contribution in [3.8, 4) is 0 Å². The number of rotatable bonds is 6. The number of thioether (sulfide) groups is 1. The van der Waals surface area contributed by atoms with Gasteiger partial charge in [-0.05, 0) is 5.75 Å². The van der Waals surface area contributed by atoms with Crippen molar-refractivity contribution < 1.29 is 19.1 Å². The molecule has 4 nitrogen and oxygen atoms in total. The van der Waals surface area contributed by atoms with E-state index >= 15 is 0 Å². The lowest BCUT2D eigenvalue weighted by Crippen LogP contribution is -2.26. The molecule has 0 N–H and O–H groups in total. The normalized spacial score (nSPS) is 11.9. The Kier molecular flexibility index (Phi) is 7.28. The second-order valence-electron chi connectivity index (χ2n) is 2.69. The van der Waals surface area contributed by atoms with Gasteiger partial charge in [0.15, 0.2) is 0 Å². The van der Waals surface area contributed by atoms with Gasteiger partial charge in [0.1, 0.15) is 12.7 Å². The summed E-state index contributed by atoms with van der Waals surface area (Å²) < 4.78 is 9.74. The maximum atomic E-state index is 10.7. The molecule has 14 heavy (non-hydrogen) atoms. The Balaban J connectivity index is 3.83. The van der Waals surface area contributed by atoms with Gasteiger partial charge in [-0.2, -0.15) is 11.8 Å². The standard InChI is InChI=1S/C9H16O4S/c1-4-14-6-9(13-8(3)11)5-12-7(2)10/h9H,4-6H2,1-3H3. The van der Waals surface area contributed by atoms with Crippen LogP contribution in [0.5, 0.6) is 0 Å². The fourth-order valence-electron chi connectivity index (χ4n) is 0.810. The Morgan fingerprint density at radius 2 is 1.93 bits per heavy atom. The first-order valence-electron chi connectivity index (χ1n) is 4.44. The smallest absolute Gasteiger partial charge is 0.303 e. The molecule has 0 radical (unpaired) electrons. The van der Waals surface area contributed by atoms with Crippen molar-refractivity contribution in [2.45, 2.75) is 26.9 Å². The fraction of sp³-hybridized carbons (Fsp3) is 0.778. The van der Waals surface area contributed by atoms with E-state index in [2.05, 4.69) is 0 Å². The highest BCUT2D eigenvalue weighted by molar-refractivity contribution is 7.99. The van der Waals surface area contributed by atoms with Crippen molar-refractivity contribution in [3.63, 3.8) is 0 Å². The molecule has 0 aliphatic heterocycles. The quantitative estimate of drug-likeness (QED) is 0.630. The first kappa shape index (κ1) is 13.3. The number of hydrogen-bond donors (Lipinski definition) is 0. The summed E-state index contributed by atoms with van der Waals surface area (Å²) >= 11 is 1.64. The Morgan fingerprint density at radius 1 is 1.29 bits per heavy atom. The van der Waals surface area contributed by atoms with Gasteiger partial charge < -0.3 is 9.47 Å². The molecule has 1 unspecified atom stereocenters. The van der Waals surface area contributed by atoms with Crippen molar-refractivity contribution in [2.24, 2.45) is 0 Å². The summed E-state index contributed by atoms with van der Waals surface area (Å²) in [4.78, 5) is 21.2. The molecular formula is C9H16O4S. The summed E-state index contributed by atoms with van der Waals surface area (Å²) in [6, 6.07) is 0. The van der Waals surface area contributed by atoms with Gasteiger partial charge in [-0.3, -0.25) is 9.59 Å². The van der Waals surface area contributed by atoms with E-state index in [1.165, 1.54) is 13.8 Å². The number of ether oxygens (including phenoxy) is 2. The van der Waals surface area contributed by atoms with E-state index in [0.29, 0.717) is 5.75 Å². The molecule has 0 bridgehead atoms. The lowest BCUT2D eigenvalue weighted by atomic mass is 10.4. The monoisotopic (exact) mass is 220 g/mol. The molecule has 0 saturated heterocycles. The molecule has 82 valence electrons. The summed E-state index contributed by atoms with van der Waals surface area (Å²) in [5.41, 5.74) is 0. The van der Waals surface area contributed by atoms with Gasteiger partial charge in [0.05, 0.1) is 0 Å². The van der Waals surface area contributed by atoms with Crippen LogP contribution in [0.3, 0.4) is 0 Å². The van der Waals surface area contributed by atoms with E-state index in [0.717, 1.165) is 5.75 Å². The van der Waals surface area contributed by atoms with Gasteiger partial charge in [0.25, 0.3) is 0 Å². The molecule has 0 aromatic heterocycles. The summed E-state index contributed by atoms with van der Waals surface area (Å²) in [5, 5.41) is 0. The molecule has 5 heteroatoms. The second-order valence-corrected chi connectivity index (χ2v) is 4.01. The van der Waals surface area contributed by atoms with Crippen LogP contribution in [0.1, 0.15) is 20.8 Å². The van der Waals surface area contributed by atoms with Crippen LogP contribution in [0.4, 0.5) is 0 Å². The minimum absolute atomic E-state index is 0.141. The van der Waals surface area contributed by atoms with Gasteiger partial charge in [-0.25, -0.2) is 0 Å². The van der Waals surface area contributed by atoms with E-state index in [9.17, 15) is 9.59 Å². The largest absolute Gasteiger partial charge is 0.462 e. The van der Waals surface area contributed by atoms with Crippen molar-refractivity contribution >= 4 is 23.7 Å². The molecule has 0 aliphatic rings. The van der Waals surface area contributed by atoms with Gasteiger partial charge >= 0.3 is 11.9 Å². The first-order valence-corrected chi connectivity index (χ1v) is 5.60. The Labute approximate surface area is 88.3 Å². The maximum Gasteiger partial charge on any atom is 0.303 e. The Hall–Kier alpha value is -0.710. The summed E-state index contributed by atoms with van der Waals surface area (Å²) in [6.07, 6.45) is -0.332. The number of hydrogen-bond acceptors (Lipinski definition) is 5. The Morgan fingerprint density at radius 3 is 2.36 bits per heavy atom. The Bertz CT molecular complexity index is 193. The predicted molar refractivity (Wildman–Crippen MR) is 55.2 cm³/mol. The van der Waals surface area contributed by atoms with Crippen molar-refractivity contribution in [3.05, 3.63) is 0 Å². The highest BCUT2D eigenvalue weighted by Gasteiger charge is 2.13. The molecule has 0 aromatic carbocycles. The number of carbonyl (C=O) groups excluding carboxylic acids is 2. The summed E-state index contributed by atoms with van der Waals surface area (Å²) in [5.74, 6) is 0.892. The number of esters is 2. The maximum absolute atomic E-state index is 10.7. The number of carbonyl (C=O) groups is 2. The molecule has 0 aliphatic carbocycles. The average Bonchev–Trinajstić information content (AvgIpc) is 2.09. The molecule has 0 heterocycles. The van der Waals surface area contributed by atoms with E-state index in [1.807, 2.05) is 6.92 Å². The van der Waals surface area contributed by atoms with Crippen molar-refractivity contribution in [1.82, 2.24) is 0 Å². The third-order valence-corrected chi connectivity index (χ3v) is 2.33. The van der Waals surface area contributed by atoms with E-state index in [1.54, 1.807) is 11.8 Å². The van der Waals surface area contributed by atoms with Crippen molar-refractivity contribution in [1.29, 1.82) is 0 Å². The van der Waals surface area contributed by atoms with Crippen LogP contribution in [0, 0.1) is 0 Å². The van der Waals surface area contributed by atoms with E-state index < -0.39 is 0 Å². The van der Waals surface area contributed by atoms with Crippen LogP contribution in [0.25, 0.3) is 0 Å². The van der Waals surface area contributed by atoms with Gasteiger partial charge in [0.2, 0.25) is 0 Å². The van der Waals surface area contributed by atoms with E-state index in [-0.39, 0.29) is 24.6 Å². The fourth-order valence-corrected chi connectivity index (χ4v) is 1.47. The van der Waals surface area contributed by atoms with Gasteiger partial charge in [0, 0.05) is 19.6 Å². The molecule has 0 amide bonds. The molecular weight excluding hydrogens is 204 g/mol. The molecule has 0 spiro atoms. The zero-order valence-corrected chi connectivity index (χ0v) is 9.56. The lowest BCUT2D eigenvalue weighted by molar-refractivity contribution is -0.154. The zero-order valence-electron chi connectivity index (χ0n) is 8.74. The van der Waals surface area contributed by atoms with Crippen LogP contribution in [0.15, 0.2) is 0 Å². The van der Waals surface area contributed by atoms with Crippen LogP contribution in [0.2, 0.25) is 0 Å². The SMILES string of the molecule is CCSCC(COC(C)=O)OC(C)=O. The van der Waals surface area contributed by atoms with E-state index in [4.69, 9.17) is 9.47 Å². The molecule has 0 fully saturated rings.